The Morgan fingerprint density at radius 2 is 1.81 bits per heavy atom. The average Bonchev–Trinajstić information content (AvgIpc) is 3.11. The van der Waals surface area contributed by atoms with E-state index >= 15 is 0 Å². The van der Waals surface area contributed by atoms with Crippen molar-refractivity contribution in [2.45, 2.75) is 45.3 Å². The highest BCUT2D eigenvalue weighted by atomic mass is 16.4. The van der Waals surface area contributed by atoms with E-state index < -0.39 is 41.8 Å². The molecule has 11 nitrogen and oxygen atoms in total. The number of H-pyrrole nitrogens is 1. The summed E-state index contributed by atoms with van der Waals surface area (Å²) >= 11 is 0. The van der Waals surface area contributed by atoms with E-state index in [2.05, 4.69) is 25.9 Å². The molecule has 0 saturated heterocycles. The lowest BCUT2D eigenvalue weighted by Gasteiger charge is -2.25. The normalized spacial score (nSPS) is 14.1. The Labute approximate surface area is 156 Å². The lowest BCUT2D eigenvalue weighted by molar-refractivity contribution is -0.142. The lowest BCUT2D eigenvalue weighted by atomic mass is 10.0. The molecule has 27 heavy (non-hydrogen) atoms. The zero-order chi connectivity index (χ0) is 20.6. The molecular formula is C16H26N6O5. The number of rotatable bonds is 10. The first-order chi connectivity index (χ1) is 12.6. The van der Waals surface area contributed by atoms with Crippen LogP contribution in [0, 0.1) is 5.92 Å². The maximum atomic E-state index is 12.7. The molecule has 0 aromatic carbocycles. The third kappa shape index (κ3) is 7.05. The minimum absolute atomic E-state index is 0.121. The number of aromatic nitrogens is 2. The van der Waals surface area contributed by atoms with Crippen molar-refractivity contribution in [3.05, 3.63) is 18.2 Å². The first-order valence-electron chi connectivity index (χ1n) is 8.45. The number of nitrogens with zero attached hydrogens (tertiary/aromatic N) is 1. The van der Waals surface area contributed by atoms with Gasteiger partial charge in [0.25, 0.3) is 0 Å². The van der Waals surface area contributed by atoms with Gasteiger partial charge in [0.1, 0.15) is 18.1 Å². The van der Waals surface area contributed by atoms with Gasteiger partial charge < -0.3 is 31.8 Å². The molecule has 0 aliphatic heterocycles. The SMILES string of the molecule is CC(NC(=O)C(NC(=O)C(Cc1cnc[nH]1)NC(=O)CN)C(C)C)C(=O)O. The van der Waals surface area contributed by atoms with Crippen LogP contribution in [0.1, 0.15) is 26.5 Å². The van der Waals surface area contributed by atoms with Crippen molar-refractivity contribution in [3.63, 3.8) is 0 Å². The van der Waals surface area contributed by atoms with Crippen LogP contribution in [0.15, 0.2) is 12.5 Å². The van der Waals surface area contributed by atoms with Crippen molar-refractivity contribution < 1.29 is 24.3 Å². The predicted octanol–water partition coefficient (Wildman–Crippen LogP) is -1.87. The van der Waals surface area contributed by atoms with Crippen molar-refractivity contribution in [1.29, 1.82) is 0 Å². The maximum Gasteiger partial charge on any atom is 0.325 e. The Morgan fingerprint density at radius 3 is 2.30 bits per heavy atom. The van der Waals surface area contributed by atoms with Crippen molar-refractivity contribution in [2.75, 3.05) is 6.54 Å². The number of carbonyl (C=O) groups excluding carboxylic acids is 3. The topological polar surface area (TPSA) is 179 Å². The third-order valence-electron chi connectivity index (χ3n) is 3.79. The summed E-state index contributed by atoms with van der Waals surface area (Å²) < 4.78 is 0. The van der Waals surface area contributed by atoms with Crippen LogP contribution in [-0.4, -0.2) is 63.4 Å². The molecule has 0 radical (unpaired) electrons. The summed E-state index contributed by atoms with van der Waals surface area (Å²) in [5, 5.41) is 16.3. The van der Waals surface area contributed by atoms with E-state index in [1.807, 2.05) is 0 Å². The van der Waals surface area contributed by atoms with Crippen LogP contribution in [0.4, 0.5) is 0 Å². The van der Waals surface area contributed by atoms with Gasteiger partial charge in [0.05, 0.1) is 12.9 Å². The molecule has 0 aliphatic rings. The van der Waals surface area contributed by atoms with Crippen LogP contribution in [-0.2, 0) is 25.6 Å². The summed E-state index contributed by atoms with van der Waals surface area (Å²) in [4.78, 5) is 54.3. The number of hydrogen-bond acceptors (Lipinski definition) is 6. The monoisotopic (exact) mass is 382 g/mol. The highest BCUT2D eigenvalue weighted by molar-refractivity contribution is 5.93. The van der Waals surface area contributed by atoms with Gasteiger partial charge in [0.2, 0.25) is 17.7 Å². The van der Waals surface area contributed by atoms with E-state index in [0.29, 0.717) is 5.69 Å². The van der Waals surface area contributed by atoms with E-state index in [1.54, 1.807) is 13.8 Å². The first kappa shape index (κ1) is 22.1. The predicted molar refractivity (Wildman–Crippen MR) is 95.3 cm³/mol. The van der Waals surface area contributed by atoms with Crippen molar-refractivity contribution >= 4 is 23.7 Å². The van der Waals surface area contributed by atoms with E-state index in [1.165, 1.54) is 19.4 Å². The fourth-order valence-corrected chi connectivity index (χ4v) is 2.23. The molecule has 1 rings (SSSR count). The number of nitrogens with one attached hydrogen (secondary N) is 4. The van der Waals surface area contributed by atoms with Gasteiger partial charge in [-0.25, -0.2) is 4.98 Å². The molecule has 1 aromatic rings. The largest absolute Gasteiger partial charge is 0.480 e. The summed E-state index contributed by atoms with van der Waals surface area (Å²) in [5.41, 5.74) is 5.90. The summed E-state index contributed by atoms with van der Waals surface area (Å²) in [5.74, 6) is -3.25. The molecule has 0 aliphatic carbocycles. The number of carboxylic acids is 1. The lowest BCUT2D eigenvalue weighted by Crippen LogP contribution is -2.57. The van der Waals surface area contributed by atoms with E-state index in [9.17, 15) is 19.2 Å². The summed E-state index contributed by atoms with van der Waals surface area (Å²) in [7, 11) is 0. The average molecular weight is 382 g/mol. The zero-order valence-electron chi connectivity index (χ0n) is 15.5. The number of nitrogens with two attached hydrogens (primary N) is 1. The number of aliphatic carboxylic acids is 1. The van der Waals surface area contributed by atoms with Gasteiger partial charge in [-0.05, 0) is 12.8 Å². The van der Waals surface area contributed by atoms with E-state index in [4.69, 9.17) is 10.8 Å². The Kier molecular flexibility index (Phi) is 8.39. The second-order valence-electron chi connectivity index (χ2n) is 6.40. The Hall–Kier alpha value is -2.95. The highest BCUT2D eigenvalue weighted by Gasteiger charge is 2.30. The van der Waals surface area contributed by atoms with Gasteiger partial charge in [-0.3, -0.25) is 19.2 Å². The van der Waals surface area contributed by atoms with Gasteiger partial charge in [-0.2, -0.15) is 0 Å². The summed E-state index contributed by atoms with van der Waals surface area (Å²) in [6.07, 6.45) is 3.07. The standard InChI is InChI=1S/C16H26N6O5/c1-8(2)13(15(25)20-9(3)16(26)27)22-14(24)11(21-12(23)5-17)4-10-6-18-7-19-10/h6-9,11,13H,4-5,17H2,1-3H3,(H,18,19)(H,20,25)(H,21,23)(H,22,24)(H,26,27). The summed E-state index contributed by atoms with van der Waals surface area (Å²) in [6.45, 7) is 4.44. The highest BCUT2D eigenvalue weighted by Crippen LogP contribution is 2.05. The molecule has 1 heterocycles. The minimum Gasteiger partial charge on any atom is -0.480 e. The molecule has 150 valence electrons. The van der Waals surface area contributed by atoms with Crippen molar-refractivity contribution in [3.8, 4) is 0 Å². The number of aromatic amines is 1. The van der Waals surface area contributed by atoms with Crippen molar-refractivity contribution in [2.24, 2.45) is 11.7 Å². The van der Waals surface area contributed by atoms with Crippen LogP contribution in [0.2, 0.25) is 0 Å². The van der Waals surface area contributed by atoms with Crippen molar-refractivity contribution in [1.82, 2.24) is 25.9 Å². The number of amides is 3. The van der Waals surface area contributed by atoms with Gasteiger partial charge in [-0.15, -0.1) is 0 Å². The van der Waals surface area contributed by atoms with E-state index in [-0.39, 0.29) is 18.9 Å². The molecule has 1 aromatic heterocycles. The maximum absolute atomic E-state index is 12.7. The third-order valence-corrected chi connectivity index (χ3v) is 3.79. The van der Waals surface area contributed by atoms with Gasteiger partial charge in [-0.1, -0.05) is 13.8 Å². The second kappa shape index (κ2) is 10.3. The second-order valence-corrected chi connectivity index (χ2v) is 6.40. The van der Waals surface area contributed by atoms with Crippen LogP contribution in [0.5, 0.6) is 0 Å². The fraction of sp³-hybridized carbons (Fsp3) is 0.562. The van der Waals surface area contributed by atoms with Crippen LogP contribution in [0.25, 0.3) is 0 Å². The number of carboxylic acid groups (broad SMARTS) is 1. The minimum atomic E-state index is -1.19. The van der Waals surface area contributed by atoms with Gasteiger partial charge in [0, 0.05) is 18.3 Å². The van der Waals surface area contributed by atoms with Gasteiger partial charge in [0.15, 0.2) is 0 Å². The number of imidazole rings is 1. The summed E-state index contributed by atoms with van der Waals surface area (Å²) in [6, 6.07) is -3.06. The van der Waals surface area contributed by atoms with E-state index in [0.717, 1.165) is 0 Å². The molecule has 0 saturated carbocycles. The molecule has 11 heteroatoms. The molecule has 3 atom stereocenters. The van der Waals surface area contributed by atoms with Gasteiger partial charge >= 0.3 is 5.97 Å². The smallest absolute Gasteiger partial charge is 0.325 e. The molecule has 3 amide bonds. The fourth-order valence-electron chi connectivity index (χ4n) is 2.23. The zero-order valence-corrected chi connectivity index (χ0v) is 15.5. The quantitative estimate of drug-likeness (QED) is 0.274. The Bertz CT molecular complexity index is 660. The molecule has 3 unspecified atom stereocenters. The van der Waals surface area contributed by atoms with Crippen LogP contribution in [0.3, 0.4) is 0 Å². The Balaban J connectivity index is 2.88. The molecular weight excluding hydrogens is 356 g/mol. The first-order valence-corrected chi connectivity index (χ1v) is 8.45. The molecule has 0 bridgehead atoms. The van der Waals surface area contributed by atoms with Crippen LogP contribution < -0.4 is 21.7 Å². The molecule has 0 fully saturated rings. The molecule has 0 spiro atoms. The molecule has 7 N–H and O–H groups in total. The number of hydrogen-bond donors (Lipinski definition) is 6. The van der Waals surface area contributed by atoms with Crippen LogP contribution >= 0.6 is 0 Å². The number of carbonyl (C=O) groups is 4. The Morgan fingerprint density at radius 1 is 1.15 bits per heavy atom.